The summed E-state index contributed by atoms with van der Waals surface area (Å²) in [6.07, 6.45) is 1.62. The summed E-state index contributed by atoms with van der Waals surface area (Å²) in [5.74, 6) is -0.998. The Bertz CT molecular complexity index is 800. The van der Waals surface area contributed by atoms with E-state index in [0.717, 1.165) is 5.56 Å². The highest BCUT2D eigenvalue weighted by atomic mass is 16.5. The van der Waals surface area contributed by atoms with E-state index in [1.54, 1.807) is 23.1 Å². The second kappa shape index (κ2) is 7.86. The summed E-state index contributed by atoms with van der Waals surface area (Å²) in [7, 11) is 0. The van der Waals surface area contributed by atoms with Crippen molar-refractivity contribution in [2.75, 3.05) is 18.5 Å². The molecule has 0 unspecified atom stereocenters. The molecule has 0 bridgehead atoms. The van der Waals surface area contributed by atoms with Crippen LogP contribution < -0.4 is 5.32 Å². The first-order chi connectivity index (χ1) is 12.5. The van der Waals surface area contributed by atoms with E-state index in [0.29, 0.717) is 18.0 Å². The summed E-state index contributed by atoms with van der Waals surface area (Å²) in [4.78, 5) is 37.6. The lowest BCUT2D eigenvalue weighted by Gasteiger charge is -2.14. The van der Waals surface area contributed by atoms with Crippen LogP contribution in [0.25, 0.3) is 0 Å². The molecule has 0 saturated carbocycles. The fourth-order valence-corrected chi connectivity index (χ4v) is 2.85. The third-order valence-electron chi connectivity index (χ3n) is 4.12. The number of likely N-dealkylation sites (tertiary alicyclic amines) is 1. The summed E-state index contributed by atoms with van der Waals surface area (Å²) in [6, 6.07) is 10.8. The number of anilines is 1. The van der Waals surface area contributed by atoms with Gasteiger partial charge in [0.15, 0.2) is 6.61 Å². The van der Waals surface area contributed by atoms with Crippen LogP contribution in [0, 0.1) is 12.8 Å². The number of esters is 1. The SMILES string of the molecule is Cc1cccc(NC(=O)COC(=O)[C@@H]2CC(=O)N(Cc3ccco3)C2)c1. The molecule has 0 spiro atoms. The van der Waals surface area contributed by atoms with Gasteiger partial charge in [-0.2, -0.15) is 0 Å². The predicted molar refractivity (Wildman–Crippen MR) is 93.0 cm³/mol. The number of hydrogen-bond acceptors (Lipinski definition) is 5. The molecule has 1 aliphatic rings. The van der Waals surface area contributed by atoms with Gasteiger partial charge in [-0.15, -0.1) is 0 Å². The number of nitrogens with zero attached hydrogens (tertiary/aromatic N) is 1. The van der Waals surface area contributed by atoms with Gasteiger partial charge in [0, 0.05) is 18.7 Å². The minimum Gasteiger partial charge on any atom is -0.467 e. The number of rotatable bonds is 6. The third-order valence-corrected chi connectivity index (χ3v) is 4.12. The van der Waals surface area contributed by atoms with E-state index in [2.05, 4.69) is 5.32 Å². The molecule has 26 heavy (non-hydrogen) atoms. The lowest BCUT2D eigenvalue weighted by molar-refractivity contribution is -0.151. The zero-order valence-electron chi connectivity index (χ0n) is 14.4. The van der Waals surface area contributed by atoms with Crippen molar-refractivity contribution in [2.45, 2.75) is 19.9 Å². The standard InChI is InChI=1S/C19H20N2O5/c1-13-4-2-5-15(8-13)20-17(22)12-26-19(24)14-9-18(23)21(10-14)11-16-6-3-7-25-16/h2-8,14H,9-12H2,1H3,(H,20,22)/t14-/m1/s1. The van der Waals surface area contributed by atoms with Crippen LogP contribution in [0.15, 0.2) is 47.1 Å². The number of aryl methyl sites for hydroxylation is 1. The number of carbonyl (C=O) groups excluding carboxylic acids is 3. The van der Waals surface area contributed by atoms with Crippen molar-refractivity contribution in [3.63, 3.8) is 0 Å². The topological polar surface area (TPSA) is 88.8 Å². The molecule has 1 aromatic carbocycles. The van der Waals surface area contributed by atoms with Gasteiger partial charge in [0.1, 0.15) is 5.76 Å². The second-order valence-corrected chi connectivity index (χ2v) is 6.28. The maximum atomic E-state index is 12.1. The van der Waals surface area contributed by atoms with E-state index in [1.165, 1.54) is 6.26 Å². The Kier molecular flexibility index (Phi) is 5.36. The predicted octanol–water partition coefficient (Wildman–Crippen LogP) is 2.12. The molecule has 1 saturated heterocycles. The van der Waals surface area contributed by atoms with Gasteiger partial charge in [-0.3, -0.25) is 14.4 Å². The number of furan rings is 1. The van der Waals surface area contributed by atoms with Crippen LogP contribution in [0.4, 0.5) is 5.69 Å². The normalized spacial score (nSPS) is 16.6. The Hall–Kier alpha value is -3.09. The summed E-state index contributed by atoms with van der Waals surface area (Å²) in [6.45, 7) is 2.12. The van der Waals surface area contributed by atoms with Crippen molar-refractivity contribution >= 4 is 23.5 Å². The number of ether oxygens (including phenoxy) is 1. The van der Waals surface area contributed by atoms with Crippen LogP contribution in [0.2, 0.25) is 0 Å². The quantitative estimate of drug-likeness (QED) is 0.801. The van der Waals surface area contributed by atoms with E-state index < -0.39 is 17.8 Å². The minimum absolute atomic E-state index is 0.0824. The van der Waals surface area contributed by atoms with Gasteiger partial charge in [0.05, 0.1) is 18.7 Å². The summed E-state index contributed by atoms with van der Waals surface area (Å²) >= 11 is 0. The van der Waals surface area contributed by atoms with Gasteiger partial charge in [0.25, 0.3) is 5.91 Å². The monoisotopic (exact) mass is 356 g/mol. The Morgan fingerprint density at radius 2 is 2.15 bits per heavy atom. The largest absolute Gasteiger partial charge is 0.467 e. The Morgan fingerprint density at radius 3 is 2.88 bits per heavy atom. The molecular weight excluding hydrogens is 336 g/mol. The minimum atomic E-state index is -0.566. The van der Waals surface area contributed by atoms with Gasteiger partial charge in [-0.05, 0) is 36.8 Å². The summed E-state index contributed by atoms with van der Waals surface area (Å²) < 4.78 is 10.3. The highest BCUT2D eigenvalue weighted by Crippen LogP contribution is 2.21. The summed E-state index contributed by atoms with van der Waals surface area (Å²) in [5, 5.41) is 2.67. The highest BCUT2D eigenvalue weighted by molar-refractivity contribution is 5.93. The zero-order chi connectivity index (χ0) is 18.5. The molecule has 0 radical (unpaired) electrons. The average Bonchev–Trinajstić information content (AvgIpc) is 3.23. The smallest absolute Gasteiger partial charge is 0.311 e. The first-order valence-electron chi connectivity index (χ1n) is 8.34. The van der Waals surface area contributed by atoms with Gasteiger partial charge >= 0.3 is 5.97 Å². The number of hydrogen-bond donors (Lipinski definition) is 1. The maximum absolute atomic E-state index is 12.1. The van der Waals surface area contributed by atoms with E-state index in [1.807, 2.05) is 25.1 Å². The Labute approximate surface area is 150 Å². The molecule has 1 fully saturated rings. The van der Waals surface area contributed by atoms with Crippen LogP contribution in [0.5, 0.6) is 0 Å². The van der Waals surface area contributed by atoms with Crippen LogP contribution in [0.1, 0.15) is 17.7 Å². The number of nitrogens with one attached hydrogen (secondary N) is 1. The average molecular weight is 356 g/mol. The van der Waals surface area contributed by atoms with Crippen LogP contribution >= 0.6 is 0 Å². The van der Waals surface area contributed by atoms with Gasteiger partial charge in [-0.25, -0.2) is 0 Å². The third kappa shape index (κ3) is 4.50. The van der Waals surface area contributed by atoms with E-state index in [9.17, 15) is 14.4 Å². The molecule has 2 aromatic rings. The molecule has 1 aromatic heterocycles. The first-order valence-corrected chi connectivity index (χ1v) is 8.34. The summed E-state index contributed by atoms with van der Waals surface area (Å²) in [5.41, 5.74) is 1.66. The lowest BCUT2D eigenvalue weighted by Crippen LogP contribution is -2.28. The molecule has 1 aliphatic heterocycles. The maximum Gasteiger partial charge on any atom is 0.311 e. The van der Waals surface area contributed by atoms with Crippen molar-refractivity contribution in [1.29, 1.82) is 0 Å². The molecule has 2 amide bonds. The fraction of sp³-hybridized carbons (Fsp3) is 0.316. The van der Waals surface area contributed by atoms with Gasteiger partial charge in [-0.1, -0.05) is 12.1 Å². The Morgan fingerprint density at radius 1 is 1.31 bits per heavy atom. The molecule has 7 heteroatoms. The molecular formula is C19H20N2O5. The van der Waals surface area contributed by atoms with Gasteiger partial charge < -0.3 is 19.4 Å². The van der Waals surface area contributed by atoms with Crippen LogP contribution in [0.3, 0.4) is 0 Å². The molecule has 7 nitrogen and oxygen atoms in total. The first kappa shape index (κ1) is 17.7. The molecule has 136 valence electrons. The lowest BCUT2D eigenvalue weighted by atomic mass is 10.1. The van der Waals surface area contributed by atoms with Crippen LogP contribution in [-0.4, -0.2) is 35.8 Å². The molecule has 1 atom stereocenters. The highest BCUT2D eigenvalue weighted by Gasteiger charge is 2.35. The number of amides is 2. The van der Waals surface area contributed by atoms with Crippen molar-refractivity contribution in [2.24, 2.45) is 5.92 Å². The van der Waals surface area contributed by atoms with Crippen molar-refractivity contribution in [3.05, 3.63) is 54.0 Å². The molecule has 2 heterocycles. The number of benzene rings is 1. The van der Waals surface area contributed by atoms with Gasteiger partial charge in [0.2, 0.25) is 5.91 Å². The van der Waals surface area contributed by atoms with E-state index >= 15 is 0 Å². The van der Waals surface area contributed by atoms with E-state index in [4.69, 9.17) is 9.15 Å². The van der Waals surface area contributed by atoms with Crippen molar-refractivity contribution in [3.8, 4) is 0 Å². The molecule has 3 rings (SSSR count). The second-order valence-electron chi connectivity index (χ2n) is 6.28. The van der Waals surface area contributed by atoms with Crippen molar-refractivity contribution < 1.29 is 23.5 Å². The van der Waals surface area contributed by atoms with Crippen LogP contribution in [-0.2, 0) is 25.7 Å². The van der Waals surface area contributed by atoms with E-state index in [-0.39, 0.29) is 25.5 Å². The number of carbonyl (C=O) groups is 3. The van der Waals surface area contributed by atoms with Crippen molar-refractivity contribution in [1.82, 2.24) is 4.90 Å². The zero-order valence-corrected chi connectivity index (χ0v) is 14.4. The molecule has 1 N–H and O–H groups in total. The molecule has 0 aliphatic carbocycles. The Balaban J connectivity index is 1.46. The fourth-order valence-electron chi connectivity index (χ4n) is 2.85.